The molecule has 2 rings (SSSR count). The molecule has 2 aromatic rings. The largest absolute Gasteiger partial charge is 0.369 e. The number of rotatable bonds is 4. The van der Waals surface area contributed by atoms with E-state index in [1.54, 1.807) is 0 Å². The van der Waals surface area contributed by atoms with Crippen LogP contribution in [0.1, 0.15) is 12.6 Å². The minimum absolute atomic E-state index is 0.112. The van der Waals surface area contributed by atoms with Crippen molar-refractivity contribution >= 4 is 28.7 Å². The predicted octanol–water partition coefficient (Wildman–Crippen LogP) is 0.630. The number of primary amides is 1. The maximum absolute atomic E-state index is 12.2. The Bertz CT molecular complexity index is 659. The number of aromatic nitrogens is 3. The third kappa shape index (κ3) is 2.26. The second-order valence-electron chi connectivity index (χ2n) is 3.91. The van der Waals surface area contributed by atoms with Crippen LogP contribution in [0.4, 0.5) is 0 Å². The lowest BCUT2D eigenvalue weighted by atomic mass is 10.4. The van der Waals surface area contributed by atoms with Crippen LogP contribution in [0.25, 0.3) is 11.0 Å². The third-order valence-electron chi connectivity index (χ3n) is 2.50. The molecule has 0 unspecified atom stereocenters. The highest BCUT2D eigenvalue weighted by atomic mass is 32.2. The van der Waals surface area contributed by atoms with E-state index in [1.807, 2.05) is 19.9 Å². The van der Waals surface area contributed by atoms with E-state index in [9.17, 15) is 9.59 Å². The fourth-order valence-electron chi connectivity index (χ4n) is 1.74. The Morgan fingerprint density at radius 2 is 2.33 bits per heavy atom. The van der Waals surface area contributed by atoms with E-state index in [4.69, 9.17) is 5.73 Å². The van der Waals surface area contributed by atoms with Gasteiger partial charge in [-0.25, -0.2) is 4.98 Å². The van der Waals surface area contributed by atoms with Gasteiger partial charge in [-0.1, -0.05) is 11.8 Å². The quantitative estimate of drug-likeness (QED) is 0.627. The van der Waals surface area contributed by atoms with E-state index < -0.39 is 5.91 Å². The lowest BCUT2D eigenvalue weighted by Crippen LogP contribution is -2.23. The summed E-state index contributed by atoms with van der Waals surface area (Å²) >= 11 is 1.18. The molecule has 96 valence electrons. The zero-order chi connectivity index (χ0) is 13.3. The van der Waals surface area contributed by atoms with Gasteiger partial charge in [-0.2, -0.15) is 0 Å². The van der Waals surface area contributed by atoms with Crippen LogP contribution in [0.3, 0.4) is 0 Å². The van der Waals surface area contributed by atoms with E-state index >= 15 is 0 Å². The van der Waals surface area contributed by atoms with Crippen molar-refractivity contribution in [2.24, 2.45) is 5.73 Å². The smallest absolute Gasteiger partial charge is 0.278 e. The highest BCUT2D eigenvalue weighted by molar-refractivity contribution is 7.99. The van der Waals surface area contributed by atoms with Gasteiger partial charge in [0.05, 0.1) is 11.3 Å². The molecule has 2 aromatic heterocycles. The van der Waals surface area contributed by atoms with E-state index in [0.717, 1.165) is 5.69 Å². The Balaban J connectivity index is 2.57. The molecule has 0 spiro atoms. The van der Waals surface area contributed by atoms with Gasteiger partial charge in [-0.3, -0.25) is 14.2 Å². The summed E-state index contributed by atoms with van der Waals surface area (Å²) in [6, 6.07) is 1.81. The Morgan fingerprint density at radius 3 is 2.94 bits per heavy atom. The molecule has 0 radical (unpaired) electrons. The second-order valence-corrected chi connectivity index (χ2v) is 4.85. The topological polar surface area (TPSA) is 93.8 Å². The predicted molar refractivity (Wildman–Crippen MR) is 70.7 cm³/mol. The molecule has 0 aromatic carbocycles. The van der Waals surface area contributed by atoms with Gasteiger partial charge >= 0.3 is 0 Å². The molecule has 0 aliphatic heterocycles. The molecule has 3 N–H and O–H groups in total. The number of hydrogen-bond acceptors (Lipinski definition) is 4. The lowest BCUT2D eigenvalue weighted by Gasteiger charge is -2.08. The van der Waals surface area contributed by atoms with Crippen LogP contribution < -0.4 is 11.3 Å². The average Bonchev–Trinajstić information content (AvgIpc) is 2.67. The summed E-state index contributed by atoms with van der Waals surface area (Å²) in [4.78, 5) is 30.4. The van der Waals surface area contributed by atoms with Crippen LogP contribution in [0.15, 0.2) is 16.0 Å². The molecule has 7 heteroatoms. The Hall–Kier alpha value is -1.76. The van der Waals surface area contributed by atoms with Gasteiger partial charge in [0.1, 0.15) is 5.52 Å². The van der Waals surface area contributed by atoms with Gasteiger partial charge in [-0.15, -0.1) is 0 Å². The standard InChI is InChI=1S/C11H14N4O2S/c1-3-15-10(17)9-7(4-6(2)13-9)14-11(15)18-5-8(12)16/h4,13H,3,5H2,1-2H3,(H2,12,16). The van der Waals surface area contributed by atoms with Crippen molar-refractivity contribution in [3.63, 3.8) is 0 Å². The molecule has 18 heavy (non-hydrogen) atoms. The zero-order valence-corrected chi connectivity index (χ0v) is 11.0. The Kier molecular flexibility index (Phi) is 3.42. The van der Waals surface area contributed by atoms with Crippen molar-refractivity contribution in [2.45, 2.75) is 25.5 Å². The normalized spacial score (nSPS) is 11.0. The summed E-state index contributed by atoms with van der Waals surface area (Å²) in [5.74, 6) is -0.316. The molecule has 0 aliphatic rings. The fourth-order valence-corrected chi connectivity index (χ4v) is 2.54. The van der Waals surface area contributed by atoms with Crippen LogP contribution >= 0.6 is 11.8 Å². The highest BCUT2D eigenvalue weighted by Crippen LogP contribution is 2.17. The zero-order valence-electron chi connectivity index (χ0n) is 10.2. The number of nitrogens with zero attached hydrogens (tertiary/aromatic N) is 2. The first-order valence-corrected chi connectivity index (χ1v) is 6.52. The number of amides is 1. The number of thioether (sulfide) groups is 1. The van der Waals surface area contributed by atoms with E-state index in [0.29, 0.717) is 22.7 Å². The van der Waals surface area contributed by atoms with Crippen LogP contribution in [0.2, 0.25) is 0 Å². The molecule has 0 aliphatic carbocycles. The van der Waals surface area contributed by atoms with Crippen LogP contribution in [-0.2, 0) is 11.3 Å². The van der Waals surface area contributed by atoms with E-state index in [1.165, 1.54) is 16.3 Å². The first-order chi connectivity index (χ1) is 8.52. The molecule has 0 saturated heterocycles. The van der Waals surface area contributed by atoms with Crippen LogP contribution in [-0.4, -0.2) is 26.2 Å². The van der Waals surface area contributed by atoms with Gasteiger partial charge in [0, 0.05) is 12.2 Å². The number of hydrogen-bond donors (Lipinski definition) is 2. The maximum atomic E-state index is 12.2. The first kappa shape index (κ1) is 12.7. The number of fused-ring (bicyclic) bond motifs is 1. The number of aromatic amines is 1. The third-order valence-corrected chi connectivity index (χ3v) is 3.50. The summed E-state index contributed by atoms with van der Waals surface area (Å²) in [6.07, 6.45) is 0. The minimum atomic E-state index is -0.428. The Morgan fingerprint density at radius 1 is 1.61 bits per heavy atom. The van der Waals surface area contributed by atoms with E-state index in [2.05, 4.69) is 9.97 Å². The molecule has 0 saturated carbocycles. The van der Waals surface area contributed by atoms with Crippen molar-refractivity contribution in [1.29, 1.82) is 0 Å². The molecular weight excluding hydrogens is 252 g/mol. The summed E-state index contributed by atoms with van der Waals surface area (Å²) in [5, 5.41) is 0.521. The number of nitrogens with one attached hydrogen (secondary N) is 1. The van der Waals surface area contributed by atoms with Gasteiger partial charge in [0.25, 0.3) is 5.56 Å². The van der Waals surface area contributed by atoms with Crippen molar-refractivity contribution in [3.05, 3.63) is 22.1 Å². The Labute approximate surface area is 108 Å². The molecule has 0 bridgehead atoms. The lowest BCUT2D eigenvalue weighted by molar-refractivity contribution is -0.115. The van der Waals surface area contributed by atoms with Crippen molar-refractivity contribution in [2.75, 3.05) is 5.75 Å². The summed E-state index contributed by atoms with van der Waals surface area (Å²) in [6.45, 7) is 4.23. The number of carbonyl (C=O) groups is 1. The van der Waals surface area contributed by atoms with Gasteiger partial charge in [0.2, 0.25) is 5.91 Å². The highest BCUT2D eigenvalue weighted by Gasteiger charge is 2.12. The second kappa shape index (κ2) is 4.85. The molecule has 0 atom stereocenters. The molecule has 6 nitrogen and oxygen atoms in total. The van der Waals surface area contributed by atoms with Crippen LogP contribution in [0.5, 0.6) is 0 Å². The van der Waals surface area contributed by atoms with Gasteiger partial charge < -0.3 is 10.7 Å². The van der Waals surface area contributed by atoms with Crippen molar-refractivity contribution < 1.29 is 4.79 Å². The molecule has 0 fully saturated rings. The number of aryl methyl sites for hydroxylation is 1. The summed E-state index contributed by atoms with van der Waals surface area (Å²) in [7, 11) is 0. The fraction of sp³-hybridized carbons (Fsp3) is 0.364. The number of carbonyl (C=O) groups excluding carboxylic acids is 1. The van der Waals surface area contributed by atoms with Gasteiger partial charge in [-0.05, 0) is 19.9 Å². The maximum Gasteiger partial charge on any atom is 0.278 e. The first-order valence-electron chi connectivity index (χ1n) is 5.54. The average molecular weight is 266 g/mol. The minimum Gasteiger partial charge on any atom is -0.369 e. The van der Waals surface area contributed by atoms with Gasteiger partial charge in [0.15, 0.2) is 5.16 Å². The summed E-state index contributed by atoms with van der Waals surface area (Å²) < 4.78 is 1.53. The number of H-pyrrole nitrogens is 1. The van der Waals surface area contributed by atoms with Crippen molar-refractivity contribution in [1.82, 2.24) is 14.5 Å². The van der Waals surface area contributed by atoms with Crippen molar-refractivity contribution in [3.8, 4) is 0 Å². The molecule has 2 heterocycles. The number of nitrogens with two attached hydrogens (primary N) is 1. The monoisotopic (exact) mass is 266 g/mol. The molecular formula is C11H14N4O2S. The summed E-state index contributed by atoms with van der Waals surface area (Å²) in [5.41, 5.74) is 6.98. The van der Waals surface area contributed by atoms with E-state index in [-0.39, 0.29) is 11.3 Å². The van der Waals surface area contributed by atoms with Crippen LogP contribution in [0, 0.1) is 6.92 Å². The molecule has 1 amide bonds. The SMILES string of the molecule is CCn1c(SCC(N)=O)nc2cc(C)[nH]c2c1=O.